The van der Waals surface area contributed by atoms with Gasteiger partial charge < -0.3 is 14.2 Å². The number of amides is 1. The first-order chi connectivity index (χ1) is 12.8. The molecule has 2 aromatic carbocycles. The van der Waals surface area contributed by atoms with E-state index in [4.69, 9.17) is 4.74 Å². The standard InChI is InChI=1S/C22H22N2O2/c25-21(17-26-16-18-8-3-1-4-9-18)24-15-14-23-13-7-12-20(23)22(24)19-10-5-2-6-11-19/h1-13,22H,14-17H2. The van der Waals surface area contributed by atoms with Gasteiger partial charge in [-0.3, -0.25) is 4.79 Å². The summed E-state index contributed by atoms with van der Waals surface area (Å²) in [6.07, 6.45) is 2.08. The van der Waals surface area contributed by atoms with E-state index in [1.165, 1.54) is 0 Å². The van der Waals surface area contributed by atoms with Gasteiger partial charge in [0.05, 0.1) is 12.6 Å². The molecule has 1 aromatic heterocycles. The molecule has 2 heterocycles. The third kappa shape index (κ3) is 3.41. The fourth-order valence-corrected chi connectivity index (χ4v) is 3.55. The van der Waals surface area contributed by atoms with Crippen LogP contribution >= 0.6 is 0 Å². The van der Waals surface area contributed by atoms with Gasteiger partial charge in [0.25, 0.3) is 0 Å². The van der Waals surface area contributed by atoms with Crippen molar-refractivity contribution in [3.63, 3.8) is 0 Å². The highest BCUT2D eigenvalue weighted by Crippen LogP contribution is 2.32. The zero-order valence-corrected chi connectivity index (χ0v) is 14.6. The van der Waals surface area contributed by atoms with E-state index in [0.717, 1.165) is 23.4 Å². The van der Waals surface area contributed by atoms with E-state index in [2.05, 4.69) is 29.0 Å². The maximum atomic E-state index is 12.9. The highest BCUT2D eigenvalue weighted by molar-refractivity contribution is 5.78. The van der Waals surface area contributed by atoms with Gasteiger partial charge in [-0.1, -0.05) is 60.7 Å². The third-order valence-electron chi connectivity index (χ3n) is 4.81. The maximum absolute atomic E-state index is 12.9. The van der Waals surface area contributed by atoms with Crippen LogP contribution in [0.4, 0.5) is 0 Å². The summed E-state index contributed by atoms with van der Waals surface area (Å²) < 4.78 is 7.92. The largest absolute Gasteiger partial charge is 0.367 e. The van der Waals surface area contributed by atoms with E-state index < -0.39 is 0 Å². The molecule has 0 aliphatic carbocycles. The van der Waals surface area contributed by atoms with E-state index in [1.54, 1.807) is 0 Å². The van der Waals surface area contributed by atoms with Gasteiger partial charge in [-0.05, 0) is 23.3 Å². The Labute approximate surface area is 153 Å². The number of carbonyl (C=O) groups excluding carboxylic acids is 1. The van der Waals surface area contributed by atoms with Gasteiger partial charge in [-0.15, -0.1) is 0 Å². The fourth-order valence-electron chi connectivity index (χ4n) is 3.55. The minimum atomic E-state index is -0.0622. The summed E-state index contributed by atoms with van der Waals surface area (Å²) in [5.74, 6) is 0.0298. The lowest BCUT2D eigenvalue weighted by molar-refractivity contribution is -0.139. The Balaban J connectivity index is 1.50. The number of carbonyl (C=O) groups is 1. The minimum Gasteiger partial charge on any atom is -0.367 e. The molecule has 0 saturated heterocycles. The van der Waals surface area contributed by atoms with Crippen LogP contribution in [0.25, 0.3) is 0 Å². The Morgan fingerprint density at radius 2 is 1.65 bits per heavy atom. The van der Waals surface area contributed by atoms with Crippen LogP contribution in [0.5, 0.6) is 0 Å². The van der Waals surface area contributed by atoms with E-state index in [9.17, 15) is 4.79 Å². The quantitative estimate of drug-likeness (QED) is 0.707. The molecule has 0 fully saturated rings. The van der Waals surface area contributed by atoms with Crippen LogP contribution < -0.4 is 0 Å². The van der Waals surface area contributed by atoms with Crippen molar-refractivity contribution in [1.29, 1.82) is 0 Å². The van der Waals surface area contributed by atoms with Gasteiger partial charge >= 0.3 is 0 Å². The normalized spacial score (nSPS) is 16.3. The average molecular weight is 346 g/mol. The van der Waals surface area contributed by atoms with Crippen LogP contribution in [0.2, 0.25) is 0 Å². The molecule has 4 nitrogen and oxygen atoms in total. The molecule has 4 heteroatoms. The molecule has 3 aromatic rings. The Morgan fingerprint density at radius 3 is 2.42 bits per heavy atom. The zero-order valence-electron chi connectivity index (χ0n) is 14.6. The molecule has 132 valence electrons. The second-order valence-corrected chi connectivity index (χ2v) is 6.51. The number of rotatable bonds is 5. The van der Waals surface area contributed by atoms with Crippen LogP contribution in [-0.4, -0.2) is 28.5 Å². The van der Waals surface area contributed by atoms with Gasteiger partial charge in [-0.2, -0.15) is 0 Å². The molecule has 0 radical (unpaired) electrons. The summed E-state index contributed by atoms with van der Waals surface area (Å²) >= 11 is 0. The van der Waals surface area contributed by atoms with Gasteiger partial charge in [-0.25, -0.2) is 0 Å². The van der Waals surface area contributed by atoms with Crippen LogP contribution in [0.1, 0.15) is 22.9 Å². The molecular formula is C22H22N2O2. The molecule has 1 aliphatic rings. The number of hydrogen-bond acceptors (Lipinski definition) is 2. The van der Waals surface area contributed by atoms with Crippen molar-refractivity contribution in [3.8, 4) is 0 Å². The van der Waals surface area contributed by atoms with Gasteiger partial charge in [0.15, 0.2) is 0 Å². The molecule has 26 heavy (non-hydrogen) atoms. The number of hydrogen-bond donors (Lipinski definition) is 0. The van der Waals surface area contributed by atoms with Crippen molar-refractivity contribution >= 4 is 5.91 Å². The number of aromatic nitrogens is 1. The zero-order chi connectivity index (χ0) is 17.8. The number of benzene rings is 2. The van der Waals surface area contributed by atoms with E-state index >= 15 is 0 Å². The van der Waals surface area contributed by atoms with Crippen molar-refractivity contribution in [2.75, 3.05) is 13.2 Å². The van der Waals surface area contributed by atoms with Crippen molar-refractivity contribution in [2.24, 2.45) is 0 Å². The lowest BCUT2D eigenvalue weighted by Gasteiger charge is -2.37. The SMILES string of the molecule is O=C(COCc1ccccc1)N1CCn2cccc2C1c1ccccc1. The summed E-state index contributed by atoms with van der Waals surface area (Å²) in [6.45, 7) is 2.05. The third-order valence-corrected chi connectivity index (χ3v) is 4.81. The molecule has 0 bridgehead atoms. The molecule has 1 aliphatic heterocycles. The molecule has 0 spiro atoms. The molecule has 1 amide bonds. The van der Waals surface area contributed by atoms with Gasteiger partial charge in [0, 0.05) is 25.0 Å². The Kier molecular flexibility index (Phi) is 4.84. The first-order valence-electron chi connectivity index (χ1n) is 8.94. The molecule has 1 atom stereocenters. The van der Waals surface area contributed by atoms with Gasteiger partial charge in [0.2, 0.25) is 5.91 Å². The Morgan fingerprint density at radius 1 is 0.923 bits per heavy atom. The summed E-state index contributed by atoms with van der Waals surface area (Å²) in [5.41, 5.74) is 3.36. The topological polar surface area (TPSA) is 34.5 Å². The highest BCUT2D eigenvalue weighted by Gasteiger charge is 2.31. The summed E-state index contributed by atoms with van der Waals surface area (Å²) in [4.78, 5) is 14.8. The fraction of sp³-hybridized carbons (Fsp3) is 0.227. The summed E-state index contributed by atoms with van der Waals surface area (Å²) in [7, 11) is 0. The van der Waals surface area contributed by atoms with Crippen LogP contribution in [-0.2, 0) is 22.7 Å². The van der Waals surface area contributed by atoms with Crippen LogP contribution in [0.15, 0.2) is 79.0 Å². The summed E-state index contributed by atoms with van der Waals surface area (Å²) in [6, 6.07) is 24.2. The van der Waals surface area contributed by atoms with E-state index in [0.29, 0.717) is 13.2 Å². The molecular weight excluding hydrogens is 324 g/mol. The molecule has 4 rings (SSSR count). The lowest BCUT2D eigenvalue weighted by Crippen LogP contribution is -2.44. The second-order valence-electron chi connectivity index (χ2n) is 6.51. The smallest absolute Gasteiger partial charge is 0.249 e. The lowest BCUT2D eigenvalue weighted by atomic mass is 10.00. The Bertz CT molecular complexity index is 858. The second kappa shape index (κ2) is 7.58. The molecule has 1 unspecified atom stereocenters. The average Bonchev–Trinajstić information content (AvgIpc) is 3.17. The van der Waals surface area contributed by atoms with Crippen LogP contribution in [0, 0.1) is 0 Å². The van der Waals surface area contributed by atoms with E-state index in [1.807, 2.05) is 59.5 Å². The van der Waals surface area contributed by atoms with E-state index in [-0.39, 0.29) is 18.6 Å². The highest BCUT2D eigenvalue weighted by atomic mass is 16.5. The number of ether oxygens (including phenoxy) is 1. The van der Waals surface area contributed by atoms with Crippen molar-refractivity contribution < 1.29 is 9.53 Å². The molecule has 0 saturated carbocycles. The van der Waals surface area contributed by atoms with Crippen molar-refractivity contribution in [2.45, 2.75) is 19.2 Å². The van der Waals surface area contributed by atoms with Gasteiger partial charge in [0.1, 0.15) is 6.61 Å². The van der Waals surface area contributed by atoms with Crippen molar-refractivity contribution in [1.82, 2.24) is 9.47 Å². The van der Waals surface area contributed by atoms with Crippen LogP contribution in [0.3, 0.4) is 0 Å². The maximum Gasteiger partial charge on any atom is 0.249 e. The first kappa shape index (κ1) is 16.6. The monoisotopic (exact) mass is 346 g/mol. The predicted octanol–water partition coefficient (Wildman–Crippen LogP) is 3.64. The Hall–Kier alpha value is -2.85. The van der Waals surface area contributed by atoms with Crippen molar-refractivity contribution in [3.05, 3.63) is 95.8 Å². The minimum absolute atomic E-state index is 0.0298. The number of nitrogens with zero attached hydrogens (tertiary/aromatic N) is 2. The number of fused-ring (bicyclic) bond motifs is 1. The predicted molar refractivity (Wildman–Crippen MR) is 101 cm³/mol. The molecule has 0 N–H and O–H groups in total. The summed E-state index contributed by atoms with van der Waals surface area (Å²) in [5, 5.41) is 0. The first-order valence-corrected chi connectivity index (χ1v) is 8.94.